The van der Waals surface area contributed by atoms with Crippen molar-refractivity contribution in [2.24, 2.45) is 7.05 Å². The van der Waals surface area contributed by atoms with Crippen molar-refractivity contribution in [1.29, 1.82) is 0 Å². The zero-order chi connectivity index (χ0) is 24.5. The van der Waals surface area contributed by atoms with E-state index in [2.05, 4.69) is 25.7 Å². The van der Waals surface area contributed by atoms with Crippen molar-refractivity contribution >= 4 is 28.8 Å². The first-order valence-electron chi connectivity index (χ1n) is 9.61. The van der Waals surface area contributed by atoms with Gasteiger partial charge in [-0.05, 0) is 23.8 Å². The van der Waals surface area contributed by atoms with Crippen molar-refractivity contribution in [3.8, 4) is 11.1 Å². The molecule has 0 spiro atoms. The Balaban J connectivity index is 1.76. The number of nitrogens with zero attached hydrogens (tertiary/aromatic N) is 5. The summed E-state index contributed by atoms with van der Waals surface area (Å²) >= 11 is 0. The van der Waals surface area contributed by atoms with Crippen LogP contribution in [-0.2, 0) is 13.2 Å². The maximum Gasteiger partial charge on any atom is 0.416 e. The van der Waals surface area contributed by atoms with Crippen LogP contribution in [0.1, 0.15) is 5.56 Å². The van der Waals surface area contributed by atoms with Gasteiger partial charge in [0.1, 0.15) is 11.6 Å². The van der Waals surface area contributed by atoms with Crippen molar-refractivity contribution in [3.63, 3.8) is 0 Å². The van der Waals surface area contributed by atoms with Gasteiger partial charge in [0.2, 0.25) is 5.95 Å². The minimum absolute atomic E-state index is 0.0144. The number of aryl methyl sites for hydroxylation is 1. The minimum atomic E-state index is -4.51. The fourth-order valence-electron chi connectivity index (χ4n) is 3.05. The summed E-state index contributed by atoms with van der Waals surface area (Å²) in [5.41, 5.74) is -0.328. The zero-order valence-electron chi connectivity index (χ0n) is 17.3. The molecule has 2 N–H and O–H groups in total. The SMILES string of the molecule is Cn1cc(Nc2ncc(-c3ccc(C(F)(F)F)cc3)c(Nc3cc([N+](=O)[O-])ccc3F)n2)cn1. The third kappa shape index (κ3) is 4.92. The van der Waals surface area contributed by atoms with Gasteiger partial charge < -0.3 is 10.6 Å². The molecule has 0 saturated carbocycles. The molecule has 0 unspecified atom stereocenters. The van der Waals surface area contributed by atoms with Crippen LogP contribution in [0.25, 0.3) is 11.1 Å². The molecule has 0 saturated heterocycles. The highest BCUT2D eigenvalue weighted by Gasteiger charge is 2.30. The summed E-state index contributed by atoms with van der Waals surface area (Å²) in [6, 6.07) is 7.17. The number of benzene rings is 2. The third-order valence-corrected chi connectivity index (χ3v) is 4.69. The molecule has 0 amide bonds. The lowest BCUT2D eigenvalue weighted by molar-refractivity contribution is -0.384. The van der Waals surface area contributed by atoms with Gasteiger partial charge in [0, 0.05) is 37.1 Å². The maximum absolute atomic E-state index is 14.4. The maximum atomic E-state index is 14.4. The van der Waals surface area contributed by atoms with Crippen LogP contribution in [0.3, 0.4) is 0 Å². The van der Waals surface area contributed by atoms with E-state index in [9.17, 15) is 27.7 Å². The second kappa shape index (κ2) is 8.77. The summed E-state index contributed by atoms with van der Waals surface area (Å²) in [6.07, 6.45) is -0.00743. The quantitative estimate of drug-likeness (QED) is 0.218. The number of nitro benzene ring substituents is 1. The van der Waals surface area contributed by atoms with E-state index in [0.29, 0.717) is 11.3 Å². The Labute approximate surface area is 189 Å². The van der Waals surface area contributed by atoms with E-state index in [1.54, 1.807) is 13.2 Å². The molecule has 4 rings (SSSR count). The Bertz CT molecular complexity index is 1350. The van der Waals surface area contributed by atoms with Crippen molar-refractivity contribution in [3.05, 3.63) is 82.6 Å². The van der Waals surface area contributed by atoms with Crippen LogP contribution in [0.4, 0.5) is 46.4 Å². The predicted octanol–water partition coefficient (Wildman–Crippen LogP) is 5.43. The Morgan fingerprint density at radius 3 is 2.41 bits per heavy atom. The molecular weight excluding hydrogens is 458 g/mol. The number of hydrogen-bond acceptors (Lipinski definition) is 7. The van der Waals surface area contributed by atoms with E-state index in [-0.39, 0.29) is 28.7 Å². The molecule has 2 aromatic carbocycles. The van der Waals surface area contributed by atoms with Crippen LogP contribution < -0.4 is 10.6 Å². The largest absolute Gasteiger partial charge is 0.416 e. The van der Waals surface area contributed by atoms with Gasteiger partial charge in [-0.1, -0.05) is 12.1 Å². The zero-order valence-corrected chi connectivity index (χ0v) is 17.3. The van der Waals surface area contributed by atoms with E-state index < -0.39 is 22.5 Å². The number of aromatic nitrogens is 4. The fourth-order valence-corrected chi connectivity index (χ4v) is 3.05. The number of non-ortho nitro benzene ring substituents is 1. The standard InChI is InChI=1S/C21H15F4N7O2/c1-31-11-14(9-27-31)28-20-26-10-16(12-2-4-13(5-3-12)21(23,24)25)19(30-20)29-18-8-15(32(33)34)6-7-17(18)22/h2-11H,1H3,(H2,26,28,29,30). The molecule has 0 fully saturated rings. The number of rotatable bonds is 6. The summed E-state index contributed by atoms with van der Waals surface area (Å²) in [7, 11) is 1.71. The molecule has 34 heavy (non-hydrogen) atoms. The summed E-state index contributed by atoms with van der Waals surface area (Å²) in [5, 5.41) is 20.7. The molecule has 0 bridgehead atoms. The first-order valence-corrected chi connectivity index (χ1v) is 9.61. The van der Waals surface area contributed by atoms with Gasteiger partial charge in [-0.25, -0.2) is 9.37 Å². The Morgan fingerprint density at radius 2 is 1.79 bits per heavy atom. The second-order valence-corrected chi connectivity index (χ2v) is 7.10. The molecule has 2 aromatic heterocycles. The van der Waals surface area contributed by atoms with Crippen molar-refractivity contribution < 1.29 is 22.5 Å². The Morgan fingerprint density at radius 1 is 1.06 bits per heavy atom. The van der Waals surface area contributed by atoms with Crippen LogP contribution in [-0.4, -0.2) is 24.7 Å². The molecule has 0 aliphatic carbocycles. The van der Waals surface area contributed by atoms with Crippen LogP contribution in [0.5, 0.6) is 0 Å². The Kier molecular flexibility index (Phi) is 5.84. The highest BCUT2D eigenvalue weighted by Crippen LogP contribution is 2.34. The first-order chi connectivity index (χ1) is 16.1. The van der Waals surface area contributed by atoms with Gasteiger partial charge in [0.25, 0.3) is 5.69 Å². The lowest BCUT2D eigenvalue weighted by atomic mass is 10.1. The van der Waals surface area contributed by atoms with E-state index in [1.165, 1.54) is 29.2 Å². The molecule has 174 valence electrons. The average Bonchev–Trinajstić information content (AvgIpc) is 3.19. The van der Waals surface area contributed by atoms with Gasteiger partial charge in [-0.2, -0.15) is 23.3 Å². The molecular formula is C21H15F4N7O2. The number of hydrogen-bond donors (Lipinski definition) is 2. The lowest BCUT2D eigenvalue weighted by Crippen LogP contribution is -2.05. The topological polar surface area (TPSA) is 111 Å². The fraction of sp³-hybridized carbons (Fsp3) is 0.0952. The third-order valence-electron chi connectivity index (χ3n) is 4.69. The van der Waals surface area contributed by atoms with Crippen LogP contribution in [0.15, 0.2) is 61.1 Å². The monoisotopic (exact) mass is 473 g/mol. The van der Waals surface area contributed by atoms with Gasteiger partial charge >= 0.3 is 6.18 Å². The Hall–Kier alpha value is -4.55. The summed E-state index contributed by atoms with van der Waals surface area (Å²) in [6.45, 7) is 0. The predicted molar refractivity (Wildman–Crippen MR) is 115 cm³/mol. The number of halogens is 4. The number of anilines is 4. The van der Waals surface area contributed by atoms with E-state index >= 15 is 0 Å². The van der Waals surface area contributed by atoms with E-state index in [1.807, 2.05) is 0 Å². The molecule has 13 heteroatoms. The minimum Gasteiger partial charge on any atom is -0.337 e. The van der Waals surface area contributed by atoms with Gasteiger partial charge in [-0.3, -0.25) is 14.8 Å². The molecule has 0 radical (unpaired) electrons. The lowest BCUT2D eigenvalue weighted by Gasteiger charge is -2.14. The summed E-state index contributed by atoms with van der Waals surface area (Å²) in [4.78, 5) is 18.9. The summed E-state index contributed by atoms with van der Waals surface area (Å²) < 4.78 is 54.8. The highest BCUT2D eigenvalue weighted by atomic mass is 19.4. The second-order valence-electron chi connectivity index (χ2n) is 7.10. The van der Waals surface area contributed by atoms with Gasteiger partial charge in [-0.15, -0.1) is 0 Å². The number of nitrogens with one attached hydrogen (secondary N) is 2. The molecule has 0 aliphatic heterocycles. The highest BCUT2D eigenvalue weighted by molar-refractivity contribution is 5.79. The molecule has 0 aliphatic rings. The smallest absolute Gasteiger partial charge is 0.337 e. The van der Waals surface area contributed by atoms with Gasteiger partial charge in [0.05, 0.1) is 28.1 Å². The molecule has 2 heterocycles. The van der Waals surface area contributed by atoms with Crippen molar-refractivity contribution in [1.82, 2.24) is 19.7 Å². The number of alkyl halides is 3. The first kappa shape index (κ1) is 22.6. The molecule has 0 atom stereocenters. The average molecular weight is 473 g/mol. The number of nitro groups is 1. The van der Waals surface area contributed by atoms with Crippen molar-refractivity contribution in [2.75, 3.05) is 10.6 Å². The van der Waals surface area contributed by atoms with Crippen molar-refractivity contribution in [2.45, 2.75) is 6.18 Å². The molecule has 9 nitrogen and oxygen atoms in total. The normalized spacial score (nSPS) is 11.3. The molecule has 4 aromatic rings. The van der Waals surface area contributed by atoms with Crippen LogP contribution in [0.2, 0.25) is 0 Å². The van der Waals surface area contributed by atoms with Gasteiger partial charge in [0.15, 0.2) is 0 Å². The summed E-state index contributed by atoms with van der Waals surface area (Å²) in [5.74, 6) is -0.693. The van der Waals surface area contributed by atoms with E-state index in [0.717, 1.165) is 30.3 Å². The van der Waals surface area contributed by atoms with E-state index in [4.69, 9.17) is 0 Å². The van der Waals surface area contributed by atoms with Crippen LogP contribution >= 0.6 is 0 Å². The van der Waals surface area contributed by atoms with Crippen LogP contribution in [0, 0.1) is 15.9 Å².